The van der Waals surface area contributed by atoms with Crippen LogP contribution in [0.3, 0.4) is 0 Å². The SMILES string of the molecule is Cc1c(NN)ncnc1OCCOc1ccccc1. The van der Waals surface area contributed by atoms with Crippen LogP contribution in [0.4, 0.5) is 5.82 Å². The molecule has 2 aromatic rings. The molecule has 1 aromatic heterocycles. The van der Waals surface area contributed by atoms with E-state index in [1.54, 1.807) is 0 Å². The molecule has 0 radical (unpaired) electrons. The quantitative estimate of drug-likeness (QED) is 0.465. The number of hydrogen-bond acceptors (Lipinski definition) is 6. The molecule has 100 valence electrons. The summed E-state index contributed by atoms with van der Waals surface area (Å²) < 4.78 is 11.0. The molecular weight excluding hydrogens is 244 g/mol. The molecule has 0 spiro atoms. The summed E-state index contributed by atoms with van der Waals surface area (Å²) in [5, 5.41) is 0. The van der Waals surface area contributed by atoms with Gasteiger partial charge in [0.2, 0.25) is 5.88 Å². The van der Waals surface area contributed by atoms with Crippen molar-refractivity contribution in [2.75, 3.05) is 18.6 Å². The summed E-state index contributed by atoms with van der Waals surface area (Å²) in [6.45, 7) is 2.68. The molecule has 0 aliphatic carbocycles. The van der Waals surface area contributed by atoms with E-state index in [2.05, 4.69) is 15.4 Å². The lowest BCUT2D eigenvalue weighted by molar-refractivity contribution is 0.211. The van der Waals surface area contributed by atoms with Gasteiger partial charge in [0.25, 0.3) is 0 Å². The molecule has 0 bridgehead atoms. The van der Waals surface area contributed by atoms with Gasteiger partial charge in [0, 0.05) is 0 Å². The normalized spacial score (nSPS) is 10.0. The number of hydrazine groups is 1. The Balaban J connectivity index is 1.83. The van der Waals surface area contributed by atoms with Crippen molar-refractivity contribution in [1.29, 1.82) is 0 Å². The maximum Gasteiger partial charge on any atom is 0.221 e. The van der Waals surface area contributed by atoms with Crippen LogP contribution in [0.25, 0.3) is 0 Å². The minimum atomic E-state index is 0.400. The summed E-state index contributed by atoms with van der Waals surface area (Å²) in [4.78, 5) is 8.02. The second-order valence-electron chi connectivity index (χ2n) is 3.81. The van der Waals surface area contributed by atoms with Crippen LogP contribution >= 0.6 is 0 Å². The van der Waals surface area contributed by atoms with E-state index >= 15 is 0 Å². The van der Waals surface area contributed by atoms with E-state index < -0.39 is 0 Å². The monoisotopic (exact) mass is 260 g/mol. The van der Waals surface area contributed by atoms with Gasteiger partial charge in [0.15, 0.2) is 0 Å². The molecule has 1 heterocycles. The molecule has 0 aliphatic rings. The van der Waals surface area contributed by atoms with Crippen LogP contribution in [-0.2, 0) is 0 Å². The van der Waals surface area contributed by atoms with Gasteiger partial charge in [-0.2, -0.15) is 0 Å². The van der Waals surface area contributed by atoms with Crippen molar-refractivity contribution in [3.05, 3.63) is 42.2 Å². The molecule has 6 nitrogen and oxygen atoms in total. The highest BCUT2D eigenvalue weighted by Gasteiger charge is 2.06. The van der Waals surface area contributed by atoms with Crippen LogP contribution in [-0.4, -0.2) is 23.2 Å². The Morgan fingerprint density at radius 2 is 1.84 bits per heavy atom. The molecule has 0 unspecified atom stereocenters. The first kappa shape index (κ1) is 13.1. The molecule has 0 amide bonds. The van der Waals surface area contributed by atoms with Crippen molar-refractivity contribution < 1.29 is 9.47 Å². The standard InChI is InChI=1S/C13H16N4O2/c1-10-12(17-14)15-9-16-13(10)19-8-7-18-11-5-3-2-4-6-11/h2-6,9H,7-8,14H2,1H3,(H,15,16,17). The predicted octanol–water partition coefficient (Wildman–Crippen LogP) is 1.53. The Labute approximate surface area is 111 Å². The van der Waals surface area contributed by atoms with Gasteiger partial charge in [-0.15, -0.1) is 0 Å². The number of nitrogens with two attached hydrogens (primary N) is 1. The third-order valence-corrected chi connectivity index (χ3v) is 2.51. The van der Waals surface area contributed by atoms with Crippen molar-refractivity contribution >= 4 is 5.82 Å². The fourth-order valence-corrected chi connectivity index (χ4v) is 1.54. The second-order valence-corrected chi connectivity index (χ2v) is 3.81. The first-order valence-electron chi connectivity index (χ1n) is 5.90. The van der Waals surface area contributed by atoms with E-state index in [0.717, 1.165) is 11.3 Å². The van der Waals surface area contributed by atoms with Crippen LogP contribution in [0.15, 0.2) is 36.7 Å². The van der Waals surface area contributed by atoms with E-state index in [1.807, 2.05) is 37.3 Å². The molecule has 0 aliphatic heterocycles. The van der Waals surface area contributed by atoms with Crippen molar-refractivity contribution in [1.82, 2.24) is 9.97 Å². The zero-order valence-electron chi connectivity index (χ0n) is 10.7. The number of anilines is 1. The largest absolute Gasteiger partial charge is 0.490 e. The van der Waals surface area contributed by atoms with Crippen LogP contribution in [0, 0.1) is 6.92 Å². The van der Waals surface area contributed by atoms with E-state index in [9.17, 15) is 0 Å². The van der Waals surface area contributed by atoms with Gasteiger partial charge < -0.3 is 14.9 Å². The van der Waals surface area contributed by atoms with Gasteiger partial charge in [-0.3, -0.25) is 0 Å². The molecule has 3 N–H and O–H groups in total. The number of para-hydroxylation sites is 1. The number of benzene rings is 1. The summed E-state index contributed by atoms with van der Waals surface area (Å²) in [7, 11) is 0. The molecule has 0 saturated heterocycles. The molecule has 19 heavy (non-hydrogen) atoms. The highest BCUT2D eigenvalue weighted by atomic mass is 16.5. The van der Waals surface area contributed by atoms with Crippen molar-refractivity contribution in [2.45, 2.75) is 6.92 Å². The molecule has 2 rings (SSSR count). The van der Waals surface area contributed by atoms with E-state index in [4.69, 9.17) is 15.3 Å². The summed E-state index contributed by atoms with van der Waals surface area (Å²) >= 11 is 0. The average Bonchev–Trinajstić information content (AvgIpc) is 2.46. The molecule has 0 saturated carbocycles. The van der Waals surface area contributed by atoms with Crippen LogP contribution < -0.4 is 20.7 Å². The average molecular weight is 260 g/mol. The number of nitrogens with one attached hydrogen (secondary N) is 1. The Bertz CT molecular complexity index is 519. The van der Waals surface area contributed by atoms with Gasteiger partial charge in [-0.25, -0.2) is 15.8 Å². The lowest BCUT2D eigenvalue weighted by Gasteiger charge is -2.10. The number of hydrogen-bond donors (Lipinski definition) is 2. The number of nitrogen functional groups attached to an aromatic ring is 1. The lowest BCUT2D eigenvalue weighted by atomic mass is 10.3. The lowest BCUT2D eigenvalue weighted by Crippen LogP contribution is -2.14. The molecule has 0 atom stereocenters. The molecule has 6 heteroatoms. The highest BCUT2D eigenvalue weighted by Crippen LogP contribution is 2.19. The van der Waals surface area contributed by atoms with Crippen LogP contribution in [0.2, 0.25) is 0 Å². The minimum absolute atomic E-state index is 0.400. The maximum atomic E-state index is 5.53. The fourth-order valence-electron chi connectivity index (χ4n) is 1.54. The second kappa shape index (κ2) is 6.55. The minimum Gasteiger partial charge on any atom is -0.490 e. The van der Waals surface area contributed by atoms with Gasteiger partial charge in [-0.05, 0) is 19.1 Å². The Hall–Kier alpha value is -2.34. The van der Waals surface area contributed by atoms with Crippen molar-refractivity contribution in [2.24, 2.45) is 5.84 Å². The molecule has 1 aromatic carbocycles. The topological polar surface area (TPSA) is 82.3 Å². The first-order chi connectivity index (χ1) is 9.31. The van der Waals surface area contributed by atoms with Crippen LogP contribution in [0.5, 0.6) is 11.6 Å². The maximum absolute atomic E-state index is 5.53. The molecule has 0 fully saturated rings. The zero-order chi connectivity index (χ0) is 13.5. The summed E-state index contributed by atoms with van der Waals surface area (Å²) in [5.74, 6) is 7.19. The number of aromatic nitrogens is 2. The van der Waals surface area contributed by atoms with Gasteiger partial charge in [0.05, 0.1) is 5.56 Å². The van der Waals surface area contributed by atoms with Gasteiger partial charge in [-0.1, -0.05) is 18.2 Å². The highest BCUT2D eigenvalue weighted by molar-refractivity contribution is 5.46. The molecular formula is C13H16N4O2. The van der Waals surface area contributed by atoms with Crippen molar-refractivity contribution in [3.8, 4) is 11.6 Å². The van der Waals surface area contributed by atoms with E-state index in [1.165, 1.54) is 6.33 Å². The fraction of sp³-hybridized carbons (Fsp3) is 0.231. The Morgan fingerprint density at radius 1 is 1.11 bits per heavy atom. The zero-order valence-corrected chi connectivity index (χ0v) is 10.7. The predicted molar refractivity (Wildman–Crippen MR) is 72.0 cm³/mol. The van der Waals surface area contributed by atoms with Crippen LogP contribution in [0.1, 0.15) is 5.56 Å². The number of ether oxygens (including phenoxy) is 2. The van der Waals surface area contributed by atoms with Crippen molar-refractivity contribution in [3.63, 3.8) is 0 Å². The Kier molecular flexibility index (Phi) is 4.52. The van der Waals surface area contributed by atoms with Gasteiger partial charge in [0.1, 0.15) is 31.1 Å². The third kappa shape index (κ3) is 3.56. The van der Waals surface area contributed by atoms with E-state index in [0.29, 0.717) is 24.9 Å². The summed E-state index contributed by atoms with van der Waals surface area (Å²) in [6, 6.07) is 9.57. The number of nitrogens with zero attached hydrogens (tertiary/aromatic N) is 2. The summed E-state index contributed by atoms with van der Waals surface area (Å²) in [6.07, 6.45) is 1.40. The number of rotatable bonds is 6. The summed E-state index contributed by atoms with van der Waals surface area (Å²) in [5.41, 5.74) is 3.26. The smallest absolute Gasteiger partial charge is 0.221 e. The third-order valence-electron chi connectivity index (χ3n) is 2.51. The van der Waals surface area contributed by atoms with E-state index in [-0.39, 0.29) is 0 Å². The van der Waals surface area contributed by atoms with Gasteiger partial charge >= 0.3 is 0 Å². The first-order valence-corrected chi connectivity index (χ1v) is 5.90. The Morgan fingerprint density at radius 3 is 2.58 bits per heavy atom.